The van der Waals surface area contributed by atoms with E-state index in [4.69, 9.17) is 0 Å². The van der Waals surface area contributed by atoms with Gasteiger partial charge < -0.3 is 10.2 Å². The van der Waals surface area contributed by atoms with E-state index in [1.165, 1.54) is 5.56 Å². The Balaban J connectivity index is 1.96. The molecule has 2 N–H and O–H groups in total. The van der Waals surface area contributed by atoms with Crippen LogP contribution in [0.25, 0.3) is 0 Å². The molecule has 0 aliphatic heterocycles. The van der Waals surface area contributed by atoms with Crippen LogP contribution in [0.4, 0.5) is 0 Å². The number of hydrogen-bond acceptors (Lipinski definition) is 2. The minimum absolute atomic E-state index is 0.248. The SMILES string of the molecule is OC1=CC=CC(O)(CCc2ccccc2)C1. The van der Waals surface area contributed by atoms with Crippen molar-refractivity contribution in [3.8, 4) is 0 Å². The van der Waals surface area contributed by atoms with E-state index in [1.807, 2.05) is 30.3 Å². The number of hydrogen-bond donors (Lipinski definition) is 2. The van der Waals surface area contributed by atoms with E-state index in [9.17, 15) is 10.2 Å². The summed E-state index contributed by atoms with van der Waals surface area (Å²) < 4.78 is 0. The largest absolute Gasteiger partial charge is 0.512 e. The summed E-state index contributed by atoms with van der Waals surface area (Å²) in [5, 5.41) is 19.6. The van der Waals surface area contributed by atoms with Crippen molar-refractivity contribution in [2.45, 2.75) is 24.9 Å². The first kappa shape index (κ1) is 11.0. The number of benzene rings is 1. The lowest BCUT2D eigenvalue weighted by molar-refractivity contribution is 0.0687. The van der Waals surface area contributed by atoms with Gasteiger partial charge in [0.05, 0.1) is 11.4 Å². The van der Waals surface area contributed by atoms with Crippen LogP contribution in [0.1, 0.15) is 18.4 Å². The molecule has 1 aliphatic carbocycles. The lowest BCUT2D eigenvalue weighted by Crippen LogP contribution is -2.28. The summed E-state index contributed by atoms with van der Waals surface area (Å²) >= 11 is 0. The first-order chi connectivity index (χ1) is 7.68. The number of allylic oxidation sites excluding steroid dienone is 2. The average molecular weight is 216 g/mol. The Morgan fingerprint density at radius 3 is 2.62 bits per heavy atom. The van der Waals surface area contributed by atoms with Crippen molar-refractivity contribution in [3.63, 3.8) is 0 Å². The van der Waals surface area contributed by atoms with Crippen LogP contribution in [0.3, 0.4) is 0 Å². The van der Waals surface area contributed by atoms with Gasteiger partial charge in [0.15, 0.2) is 0 Å². The molecule has 0 bridgehead atoms. The third kappa shape index (κ3) is 2.74. The number of rotatable bonds is 3. The van der Waals surface area contributed by atoms with Crippen LogP contribution in [0, 0.1) is 0 Å². The molecular formula is C14H16O2. The van der Waals surface area contributed by atoms with E-state index >= 15 is 0 Å². The van der Waals surface area contributed by atoms with Gasteiger partial charge in [0, 0.05) is 6.42 Å². The molecule has 0 fully saturated rings. The van der Waals surface area contributed by atoms with Gasteiger partial charge in [-0.1, -0.05) is 42.5 Å². The Bertz CT molecular complexity index is 406. The molecule has 0 saturated carbocycles. The van der Waals surface area contributed by atoms with E-state index in [1.54, 1.807) is 18.2 Å². The summed E-state index contributed by atoms with van der Waals surface area (Å²) in [5.74, 6) is 0.248. The molecule has 0 heterocycles. The van der Waals surface area contributed by atoms with Crippen LogP contribution >= 0.6 is 0 Å². The molecule has 1 atom stereocenters. The minimum atomic E-state index is -0.894. The molecule has 0 aromatic heterocycles. The van der Waals surface area contributed by atoms with Gasteiger partial charge in [-0.05, 0) is 24.5 Å². The maximum atomic E-state index is 10.2. The molecular weight excluding hydrogens is 200 g/mol. The second kappa shape index (κ2) is 4.54. The molecule has 1 aromatic carbocycles. The first-order valence-corrected chi connectivity index (χ1v) is 5.52. The molecule has 2 heteroatoms. The average Bonchev–Trinajstić information content (AvgIpc) is 2.28. The van der Waals surface area contributed by atoms with Crippen molar-refractivity contribution in [2.75, 3.05) is 0 Å². The molecule has 84 valence electrons. The second-order valence-electron chi connectivity index (χ2n) is 4.28. The fourth-order valence-electron chi connectivity index (χ4n) is 1.95. The molecule has 0 saturated heterocycles. The lowest BCUT2D eigenvalue weighted by atomic mass is 9.88. The molecule has 2 rings (SSSR count). The zero-order valence-corrected chi connectivity index (χ0v) is 9.13. The van der Waals surface area contributed by atoms with Gasteiger partial charge in [-0.3, -0.25) is 0 Å². The van der Waals surface area contributed by atoms with Crippen LogP contribution in [0.15, 0.2) is 54.3 Å². The Morgan fingerprint density at radius 1 is 1.19 bits per heavy atom. The normalized spacial score (nSPS) is 24.2. The molecule has 0 amide bonds. The summed E-state index contributed by atoms with van der Waals surface area (Å²) in [6.07, 6.45) is 6.85. The highest BCUT2D eigenvalue weighted by molar-refractivity contribution is 5.22. The Morgan fingerprint density at radius 2 is 1.94 bits per heavy atom. The zero-order valence-electron chi connectivity index (χ0n) is 9.13. The molecule has 2 nitrogen and oxygen atoms in total. The maximum absolute atomic E-state index is 10.2. The Hall–Kier alpha value is -1.54. The van der Waals surface area contributed by atoms with Crippen LogP contribution in [0.2, 0.25) is 0 Å². The third-order valence-corrected chi connectivity index (χ3v) is 2.87. The summed E-state index contributed by atoms with van der Waals surface area (Å²) in [5.41, 5.74) is 0.313. The molecule has 1 aromatic rings. The highest BCUT2D eigenvalue weighted by atomic mass is 16.3. The van der Waals surface area contributed by atoms with E-state index in [-0.39, 0.29) is 5.76 Å². The first-order valence-electron chi connectivity index (χ1n) is 5.52. The number of aliphatic hydroxyl groups excluding tert-OH is 1. The molecule has 1 aliphatic rings. The van der Waals surface area contributed by atoms with Crippen molar-refractivity contribution in [3.05, 3.63) is 59.9 Å². The van der Waals surface area contributed by atoms with Gasteiger partial charge in [-0.15, -0.1) is 0 Å². The molecule has 0 spiro atoms. The lowest BCUT2D eigenvalue weighted by Gasteiger charge is -2.26. The predicted molar refractivity (Wildman–Crippen MR) is 64.2 cm³/mol. The van der Waals surface area contributed by atoms with Crippen molar-refractivity contribution >= 4 is 0 Å². The van der Waals surface area contributed by atoms with Gasteiger partial charge in [0.25, 0.3) is 0 Å². The fraction of sp³-hybridized carbons (Fsp3) is 0.286. The van der Waals surface area contributed by atoms with Crippen LogP contribution in [-0.4, -0.2) is 15.8 Å². The Kier molecular flexibility index (Phi) is 3.11. The summed E-state index contributed by atoms with van der Waals surface area (Å²) in [4.78, 5) is 0. The van der Waals surface area contributed by atoms with E-state index in [0.29, 0.717) is 12.8 Å². The standard InChI is InChI=1S/C14H16O2/c15-13-7-4-9-14(16,11-13)10-8-12-5-2-1-3-6-12/h1-7,9,15-16H,8,10-11H2. The molecule has 16 heavy (non-hydrogen) atoms. The number of aliphatic hydroxyl groups is 2. The van der Waals surface area contributed by atoms with Gasteiger partial charge in [-0.2, -0.15) is 0 Å². The van der Waals surface area contributed by atoms with Gasteiger partial charge in [0.2, 0.25) is 0 Å². The predicted octanol–water partition coefficient (Wildman–Crippen LogP) is 2.75. The fourth-order valence-corrected chi connectivity index (χ4v) is 1.95. The summed E-state index contributed by atoms with van der Waals surface area (Å²) in [6.45, 7) is 0. The zero-order chi connectivity index (χ0) is 11.4. The van der Waals surface area contributed by atoms with Gasteiger partial charge in [-0.25, -0.2) is 0 Å². The maximum Gasteiger partial charge on any atom is 0.0954 e. The van der Waals surface area contributed by atoms with Crippen molar-refractivity contribution in [1.29, 1.82) is 0 Å². The summed E-state index contributed by atoms with van der Waals surface area (Å²) in [6, 6.07) is 10.1. The van der Waals surface area contributed by atoms with E-state index < -0.39 is 5.60 Å². The van der Waals surface area contributed by atoms with Crippen molar-refractivity contribution in [2.24, 2.45) is 0 Å². The monoisotopic (exact) mass is 216 g/mol. The van der Waals surface area contributed by atoms with Crippen LogP contribution < -0.4 is 0 Å². The topological polar surface area (TPSA) is 40.5 Å². The summed E-state index contributed by atoms with van der Waals surface area (Å²) in [7, 11) is 0. The molecule has 0 radical (unpaired) electrons. The second-order valence-corrected chi connectivity index (χ2v) is 4.28. The van der Waals surface area contributed by atoms with Crippen molar-refractivity contribution in [1.82, 2.24) is 0 Å². The highest BCUT2D eigenvalue weighted by Crippen LogP contribution is 2.26. The number of aryl methyl sites for hydroxylation is 1. The Labute approximate surface area is 95.6 Å². The quantitative estimate of drug-likeness (QED) is 0.815. The van der Waals surface area contributed by atoms with Crippen LogP contribution in [0.5, 0.6) is 0 Å². The van der Waals surface area contributed by atoms with Gasteiger partial charge >= 0.3 is 0 Å². The van der Waals surface area contributed by atoms with Crippen LogP contribution in [-0.2, 0) is 6.42 Å². The van der Waals surface area contributed by atoms with E-state index in [2.05, 4.69) is 0 Å². The molecule has 1 unspecified atom stereocenters. The smallest absolute Gasteiger partial charge is 0.0954 e. The van der Waals surface area contributed by atoms with E-state index in [0.717, 1.165) is 6.42 Å². The third-order valence-electron chi connectivity index (χ3n) is 2.87. The minimum Gasteiger partial charge on any atom is -0.512 e. The van der Waals surface area contributed by atoms with Crippen molar-refractivity contribution < 1.29 is 10.2 Å². The highest BCUT2D eigenvalue weighted by Gasteiger charge is 2.26. The van der Waals surface area contributed by atoms with Gasteiger partial charge in [0.1, 0.15) is 0 Å².